The normalized spacial score (nSPS) is 24.3. The highest BCUT2D eigenvalue weighted by Crippen LogP contribution is 2.31. The summed E-state index contributed by atoms with van der Waals surface area (Å²) in [5.74, 6) is -0.185. The minimum atomic E-state index is -0.294. The quantitative estimate of drug-likeness (QED) is 0.858. The van der Waals surface area contributed by atoms with E-state index in [1.54, 1.807) is 42.3 Å². The zero-order valence-electron chi connectivity index (χ0n) is 13.2. The van der Waals surface area contributed by atoms with Crippen molar-refractivity contribution in [3.63, 3.8) is 0 Å². The van der Waals surface area contributed by atoms with Gasteiger partial charge in [-0.2, -0.15) is 0 Å². The number of nitrogens with zero attached hydrogens (tertiary/aromatic N) is 2. The van der Waals surface area contributed by atoms with Gasteiger partial charge in [0.2, 0.25) is 11.8 Å². The number of benzene rings is 1. The van der Waals surface area contributed by atoms with E-state index in [1.807, 2.05) is 4.90 Å². The maximum Gasteiger partial charge on any atom is 0.227 e. The van der Waals surface area contributed by atoms with Crippen LogP contribution in [0.4, 0.5) is 4.39 Å². The Morgan fingerprint density at radius 3 is 2.96 bits per heavy atom. The van der Waals surface area contributed by atoms with Crippen molar-refractivity contribution in [2.75, 3.05) is 20.1 Å². The molecule has 0 saturated carbocycles. The molecule has 0 spiro atoms. The highest BCUT2D eigenvalue weighted by Gasteiger charge is 2.44. The molecule has 2 saturated heterocycles. The van der Waals surface area contributed by atoms with E-state index in [9.17, 15) is 14.0 Å². The van der Waals surface area contributed by atoms with Crippen LogP contribution in [0.5, 0.6) is 0 Å². The fraction of sp³-hybridized carbons (Fsp3) is 0.444. The Bertz CT molecular complexity index is 644. The van der Waals surface area contributed by atoms with Crippen molar-refractivity contribution in [3.05, 3.63) is 41.7 Å². The molecular weight excluding hydrogens is 295 g/mol. The highest BCUT2D eigenvalue weighted by molar-refractivity contribution is 5.85. The van der Waals surface area contributed by atoms with Crippen LogP contribution in [0.1, 0.15) is 24.8 Å². The lowest BCUT2D eigenvalue weighted by atomic mass is 9.91. The topological polar surface area (TPSA) is 40.6 Å². The number of fused-ring (bicyclic) bond motifs is 1. The zero-order valence-corrected chi connectivity index (χ0v) is 13.2. The number of piperidine rings is 1. The number of carbonyl (C=O) groups is 2. The second-order valence-corrected chi connectivity index (χ2v) is 6.25. The van der Waals surface area contributed by atoms with Gasteiger partial charge in [-0.15, -0.1) is 0 Å². The minimum Gasteiger partial charge on any atom is -0.343 e. The minimum absolute atomic E-state index is 0.00406. The first kappa shape index (κ1) is 15.7. The summed E-state index contributed by atoms with van der Waals surface area (Å²) in [6.07, 6.45) is 5.30. The molecule has 4 nitrogen and oxygen atoms in total. The van der Waals surface area contributed by atoms with Crippen LogP contribution in [-0.4, -0.2) is 47.8 Å². The van der Waals surface area contributed by atoms with E-state index in [4.69, 9.17) is 0 Å². The molecule has 23 heavy (non-hydrogen) atoms. The molecule has 2 amide bonds. The van der Waals surface area contributed by atoms with Crippen LogP contribution in [0.25, 0.3) is 6.08 Å². The zero-order chi connectivity index (χ0) is 16.4. The molecular formula is C18H21FN2O2. The lowest BCUT2D eigenvalue weighted by molar-refractivity contribution is -0.136. The van der Waals surface area contributed by atoms with Crippen molar-refractivity contribution in [2.45, 2.75) is 25.3 Å². The van der Waals surface area contributed by atoms with E-state index in [2.05, 4.69) is 0 Å². The molecule has 0 unspecified atom stereocenters. The maximum atomic E-state index is 13.5. The molecule has 2 atom stereocenters. The van der Waals surface area contributed by atoms with Crippen LogP contribution >= 0.6 is 0 Å². The number of likely N-dealkylation sites (N-methyl/N-ethyl adjacent to an activating group) is 1. The summed E-state index contributed by atoms with van der Waals surface area (Å²) >= 11 is 0. The van der Waals surface area contributed by atoms with E-state index < -0.39 is 0 Å². The molecule has 0 aliphatic carbocycles. The summed E-state index contributed by atoms with van der Waals surface area (Å²) < 4.78 is 13.5. The van der Waals surface area contributed by atoms with Crippen LogP contribution < -0.4 is 0 Å². The number of amides is 2. The summed E-state index contributed by atoms with van der Waals surface area (Å²) in [6, 6.07) is 6.48. The SMILES string of the molecule is CN1C[C@@H]2[C@@H](CCCN2C(=O)C/C=C/c2ccccc2F)C1=O. The average molecular weight is 316 g/mol. The standard InChI is InChI=1S/C18H21FN2O2/c1-20-12-16-14(18(20)23)8-5-11-21(16)17(22)10-4-7-13-6-2-3-9-15(13)19/h2-4,6-7,9,14,16H,5,8,10-12H2,1H3/b7-4+/t14-,16-/m1/s1. The number of halogens is 1. The molecule has 5 heteroatoms. The molecule has 1 aromatic carbocycles. The smallest absolute Gasteiger partial charge is 0.227 e. The van der Waals surface area contributed by atoms with Gasteiger partial charge >= 0.3 is 0 Å². The molecule has 2 fully saturated rings. The summed E-state index contributed by atoms with van der Waals surface area (Å²) in [5, 5.41) is 0. The monoisotopic (exact) mass is 316 g/mol. The third-order valence-electron chi connectivity index (χ3n) is 4.75. The van der Waals surface area contributed by atoms with Crippen molar-refractivity contribution < 1.29 is 14.0 Å². The predicted octanol–water partition coefficient (Wildman–Crippen LogP) is 2.31. The number of likely N-dealkylation sites (tertiary alicyclic amines) is 2. The number of carbonyl (C=O) groups excluding carboxylic acids is 2. The van der Waals surface area contributed by atoms with E-state index in [-0.39, 0.29) is 36.0 Å². The Labute approximate surface area is 135 Å². The van der Waals surface area contributed by atoms with Crippen molar-refractivity contribution >= 4 is 17.9 Å². The van der Waals surface area contributed by atoms with Gasteiger partial charge in [0.05, 0.1) is 12.0 Å². The largest absolute Gasteiger partial charge is 0.343 e. The second-order valence-electron chi connectivity index (χ2n) is 6.25. The molecule has 2 heterocycles. The molecule has 1 aromatic rings. The Hall–Kier alpha value is -2.17. The van der Waals surface area contributed by atoms with Gasteiger partial charge in [0.25, 0.3) is 0 Å². The van der Waals surface area contributed by atoms with Crippen molar-refractivity contribution in [1.29, 1.82) is 0 Å². The summed E-state index contributed by atoms with van der Waals surface area (Å²) in [4.78, 5) is 28.1. The first-order valence-electron chi connectivity index (χ1n) is 8.03. The summed E-state index contributed by atoms with van der Waals surface area (Å²) in [6.45, 7) is 1.32. The lowest BCUT2D eigenvalue weighted by Gasteiger charge is -2.35. The first-order valence-corrected chi connectivity index (χ1v) is 8.03. The fourth-order valence-electron chi connectivity index (χ4n) is 3.55. The third-order valence-corrected chi connectivity index (χ3v) is 4.75. The molecule has 3 rings (SSSR count). The average Bonchev–Trinajstić information content (AvgIpc) is 2.84. The Morgan fingerprint density at radius 2 is 2.17 bits per heavy atom. The van der Waals surface area contributed by atoms with Gasteiger partial charge in [0.1, 0.15) is 5.82 Å². The van der Waals surface area contributed by atoms with Crippen LogP contribution in [0, 0.1) is 11.7 Å². The van der Waals surface area contributed by atoms with Crippen LogP contribution in [-0.2, 0) is 9.59 Å². The van der Waals surface area contributed by atoms with Gasteiger partial charge in [-0.25, -0.2) is 4.39 Å². The second kappa shape index (κ2) is 6.52. The van der Waals surface area contributed by atoms with Crippen molar-refractivity contribution in [3.8, 4) is 0 Å². The van der Waals surface area contributed by atoms with Crippen molar-refractivity contribution in [2.24, 2.45) is 5.92 Å². The first-order chi connectivity index (χ1) is 11.1. The number of hydrogen-bond donors (Lipinski definition) is 0. The Morgan fingerprint density at radius 1 is 1.39 bits per heavy atom. The molecule has 122 valence electrons. The lowest BCUT2D eigenvalue weighted by Crippen LogP contribution is -2.48. The third kappa shape index (κ3) is 3.14. The molecule has 0 N–H and O–H groups in total. The van der Waals surface area contributed by atoms with Gasteiger partial charge in [-0.3, -0.25) is 9.59 Å². The highest BCUT2D eigenvalue weighted by atomic mass is 19.1. The molecule has 0 radical (unpaired) electrons. The van der Waals surface area contributed by atoms with Gasteiger partial charge in [0, 0.05) is 32.1 Å². The van der Waals surface area contributed by atoms with Gasteiger partial charge in [-0.05, 0) is 18.9 Å². The van der Waals surface area contributed by atoms with E-state index in [0.29, 0.717) is 18.7 Å². The van der Waals surface area contributed by atoms with Gasteiger partial charge in [0.15, 0.2) is 0 Å². The van der Waals surface area contributed by atoms with E-state index in [1.165, 1.54) is 6.07 Å². The molecule has 0 aromatic heterocycles. The predicted molar refractivity (Wildman–Crippen MR) is 85.9 cm³/mol. The van der Waals surface area contributed by atoms with Crippen LogP contribution in [0.15, 0.2) is 30.3 Å². The molecule has 2 aliphatic rings. The molecule has 2 aliphatic heterocycles. The molecule has 0 bridgehead atoms. The maximum absolute atomic E-state index is 13.5. The van der Waals surface area contributed by atoms with Crippen molar-refractivity contribution in [1.82, 2.24) is 9.80 Å². The van der Waals surface area contributed by atoms with E-state index >= 15 is 0 Å². The van der Waals surface area contributed by atoms with Crippen LogP contribution in [0.3, 0.4) is 0 Å². The van der Waals surface area contributed by atoms with E-state index in [0.717, 1.165) is 12.8 Å². The van der Waals surface area contributed by atoms with Crippen LogP contribution in [0.2, 0.25) is 0 Å². The van der Waals surface area contributed by atoms with Gasteiger partial charge < -0.3 is 9.80 Å². The summed E-state index contributed by atoms with van der Waals surface area (Å²) in [5.41, 5.74) is 0.479. The Balaban J connectivity index is 1.64. The fourth-order valence-corrected chi connectivity index (χ4v) is 3.55. The summed E-state index contributed by atoms with van der Waals surface area (Å²) in [7, 11) is 1.79. The number of hydrogen-bond acceptors (Lipinski definition) is 2. The number of rotatable bonds is 3. The van der Waals surface area contributed by atoms with Gasteiger partial charge in [-0.1, -0.05) is 30.4 Å². The Kier molecular flexibility index (Phi) is 4.46.